The zero-order chi connectivity index (χ0) is 8.85. The Bertz CT molecular complexity index is 123. The third kappa shape index (κ3) is 6.06. The molecule has 0 aromatic rings. The Morgan fingerprint density at radius 1 is 1.27 bits per heavy atom. The van der Waals surface area contributed by atoms with Crippen molar-refractivity contribution in [2.75, 3.05) is 41.3 Å². The van der Waals surface area contributed by atoms with Gasteiger partial charge in [-0.2, -0.15) is 0 Å². The molecule has 0 spiro atoms. The van der Waals surface area contributed by atoms with E-state index in [1.165, 1.54) is 0 Å². The molecule has 0 aliphatic heterocycles. The van der Waals surface area contributed by atoms with Gasteiger partial charge in [0.15, 0.2) is 5.11 Å². The molecule has 0 aromatic heterocycles. The van der Waals surface area contributed by atoms with Gasteiger partial charge in [-0.1, -0.05) is 0 Å². The standard InChI is InChI=1S/C7H17N3S/c1-9(2)6-5-8-7(11)10(3)4/h5-6H2,1-4H3,(H,8,11). The fourth-order valence-electron chi connectivity index (χ4n) is 0.545. The summed E-state index contributed by atoms with van der Waals surface area (Å²) in [5.74, 6) is 0. The summed E-state index contributed by atoms with van der Waals surface area (Å²) >= 11 is 5.03. The van der Waals surface area contributed by atoms with Crippen molar-refractivity contribution in [3.8, 4) is 0 Å². The second-order valence-electron chi connectivity index (χ2n) is 2.93. The van der Waals surface area contributed by atoms with Crippen LogP contribution in [0, 0.1) is 0 Å². The maximum absolute atomic E-state index is 5.03. The van der Waals surface area contributed by atoms with E-state index in [1.807, 2.05) is 33.1 Å². The molecule has 0 aromatic carbocycles. The first-order chi connectivity index (χ1) is 5.04. The molecule has 0 radical (unpaired) electrons. The first kappa shape index (κ1) is 10.7. The van der Waals surface area contributed by atoms with Crippen LogP contribution in [-0.4, -0.2) is 56.2 Å². The van der Waals surface area contributed by atoms with Gasteiger partial charge in [-0.15, -0.1) is 0 Å². The van der Waals surface area contributed by atoms with Crippen molar-refractivity contribution in [2.24, 2.45) is 0 Å². The van der Waals surface area contributed by atoms with Gasteiger partial charge in [-0.05, 0) is 26.3 Å². The minimum atomic E-state index is 0.798. The molecule has 3 nitrogen and oxygen atoms in total. The molecule has 0 atom stereocenters. The van der Waals surface area contributed by atoms with Gasteiger partial charge in [0.2, 0.25) is 0 Å². The molecule has 1 N–H and O–H groups in total. The third-order valence-corrected chi connectivity index (χ3v) is 1.75. The van der Waals surface area contributed by atoms with E-state index in [4.69, 9.17) is 12.2 Å². The summed E-state index contributed by atoms with van der Waals surface area (Å²) in [6, 6.07) is 0. The van der Waals surface area contributed by atoms with Gasteiger partial charge < -0.3 is 15.1 Å². The van der Waals surface area contributed by atoms with Crippen LogP contribution in [0.3, 0.4) is 0 Å². The number of hydrogen-bond donors (Lipinski definition) is 1. The first-order valence-corrected chi connectivity index (χ1v) is 4.04. The summed E-state index contributed by atoms with van der Waals surface area (Å²) in [4.78, 5) is 4.01. The molecule has 0 rings (SSSR count). The van der Waals surface area contributed by atoms with Crippen LogP contribution < -0.4 is 5.32 Å². The summed E-state index contributed by atoms with van der Waals surface area (Å²) < 4.78 is 0. The fourth-order valence-corrected chi connectivity index (χ4v) is 0.647. The first-order valence-electron chi connectivity index (χ1n) is 3.64. The Kier molecular flexibility index (Phi) is 5.15. The summed E-state index contributed by atoms with van der Waals surface area (Å²) in [7, 11) is 7.96. The molecule has 66 valence electrons. The van der Waals surface area contributed by atoms with Crippen LogP contribution in [0.5, 0.6) is 0 Å². The molecular formula is C7H17N3S. The predicted molar refractivity (Wildman–Crippen MR) is 52.8 cm³/mol. The molecule has 0 amide bonds. The molecule has 0 fully saturated rings. The molecule has 0 saturated carbocycles. The number of nitrogens with zero attached hydrogens (tertiary/aromatic N) is 2. The summed E-state index contributed by atoms with van der Waals surface area (Å²) in [5, 5.41) is 3.93. The number of rotatable bonds is 3. The largest absolute Gasteiger partial charge is 0.361 e. The van der Waals surface area contributed by atoms with E-state index in [1.54, 1.807) is 0 Å². The highest BCUT2D eigenvalue weighted by Gasteiger charge is 1.96. The van der Waals surface area contributed by atoms with Crippen molar-refractivity contribution in [1.29, 1.82) is 0 Å². The summed E-state index contributed by atoms with van der Waals surface area (Å²) in [6.07, 6.45) is 0. The number of thiocarbonyl (C=S) groups is 1. The molecule has 0 aliphatic carbocycles. The monoisotopic (exact) mass is 175 g/mol. The van der Waals surface area contributed by atoms with E-state index < -0.39 is 0 Å². The van der Waals surface area contributed by atoms with Gasteiger partial charge in [-0.25, -0.2) is 0 Å². The van der Waals surface area contributed by atoms with Crippen LogP contribution in [0.15, 0.2) is 0 Å². The lowest BCUT2D eigenvalue weighted by Gasteiger charge is -2.16. The van der Waals surface area contributed by atoms with E-state index >= 15 is 0 Å². The second-order valence-corrected chi connectivity index (χ2v) is 3.32. The van der Waals surface area contributed by atoms with Gasteiger partial charge in [-0.3, -0.25) is 0 Å². The Morgan fingerprint density at radius 3 is 2.18 bits per heavy atom. The molecule has 4 heteroatoms. The lowest BCUT2D eigenvalue weighted by molar-refractivity contribution is 0.409. The van der Waals surface area contributed by atoms with Crippen LogP contribution >= 0.6 is 12.2 Å². The van der Waals surface area contributed by atoms with E-state index in [0.717, 1.165) is 18.2 Å². The van der Waals surface area contributed by atoms with E-state index in [-0.39, 0.29) is 0 Å². The van der Waals surface area contributed by atoms with Crippen LogP contribution in [-0.2, 0) is 0 Å². The maximum Gasteiger partial charge on any atom is 0.168 e. The zero-order valence-corrected chi connectivity index (χ0v) is 8.53. The van der Waals surface area contributed by atoms with Crippen molar-refractivity contribution >= 4 is 17.3 Å². The van der Waals surface area contributed by atoms with Gasteiger partial charge in [0.25, 0.3) is 0 Å². The van der Waals surface area contributed by atoms with Crippen molar-refractivity contribution in [2.45, 2.75) is 0 Å². The van der Waals surface area contributed by atoms with Crippen LogP contribution in [0.25, 0.3) is 0 Å². The van der Waals surface area contributed by atoms with Crippen molar-refractivity contribution in [3.05, 3.63) is 0 Å². The van der Waals surface area contributed by atoms with E-state index in [2.05, 4.69) is 10.2 Å². The van der Waals surface area contributed by atoms with Gasteiger partial charge in [0, 0.05) is 27.2 Å². The Balaban J connectivity index is 3.32. The quantitative estimate of drug-likeness (QED) is 0.608. The van der Waals surface area contributed by atoms with Gasteiger partial charge >= 0.3 is 0 Å². The topological polar surface area (TPSA) is 18.5 Å². The Hall–Kier alpha value is -0.350. The molecule has 0 heterocycles. The van der Waals surface area contributed by atoms with Gasteiger partial charge in [0.05, 0.1) is 0 Å². The number of hydrogen-bond acceptors (Lipinski definition) is 2. The lowest BCUT2D eigenvalue weighted by atomic mass is 10.6. The maximum atomic E-state index is 5.03. The SMILES string of the molecule is CN(C)CCNC(=S)N(C)C. The van der Waals surface area contributed by atoms with Gasteiger partial charge in [0.1, 0.15) is 0 Å². The molecule has 0 aliphatic rings. The Morgan fingerprint density at radius 2 is 1.82 bits per heavy atom. The molecule has 11 heavy (non-hydrogen) atoms. The molecular weight excluding hydrogens is 158 g/mol. The van der Waals surface area contributed by atoms with Crippen molar-refractivity contribution < 1.29 is 0 Å². The summed E-state index contributed by atoms with van der Waals surface area (Å²) in [5.41, 5.74) is 0. The highest BCUT2D eigenvalue weighted by atomic mass is 32.1. The summed E-state index contributed by atoms with van der Waals surface area (Å²) in [6.45, 7) is 1.91. The molecule has 0 bridgehead atoms. The smallest absolute Gasteiger partial charge is 0.168 e. The number of likely N-dealkylation sites (N-methyl/N-ethyl adjacent to an activating group) is 1. The second kappa shape index (κ2) is 5.32. The van der Waals surface area contributed by atoms with Crippen molar-refractivity contribution in [1.82, 2.24) is 15.1 Å². The van der Waals surface area contributed by atoms with Crippen LogP contribution in [0.1, 0.15) is 0 Å². The highest BCUT2D eigenvalue weighted by Crippen LogP contribution is 1.78. The number of nitrogens with one attached hydrogen (secondary N) is 1. The average molecular weight is 175 g/mol. The van der Waals surface area contributed by atoms with Crippen LogP contribution in [0.4, 0.5) is 0 Å². The fraction of sp³-hybridized carbons (Fsp3) is 0.857. The van der Waals surface area contributed by atoms with Crippen LogP contribution in [0.2, 0.25) is 0 Å². The Labute approximate surface area is 74.4 Å². The average Bonchev–Trinajstić information content (AvgIpc) is 1.86. The van der Waals surface area contributed by atoms with E-state index in [9.17, 15) is 0 Å². The minimum absolute atomic E-state index is 0.798. The molecule has 0 unspecified atom stereocenters. The molecule has 0 saturated heterocycles. The third-order valence-electron chi connectivity index (χ3n) is 1.24. The highest BCUT2D eigenvalue weighted by molar-refractivity contribution is 7.80. The lowest BCUT2D eigenvalue weighted by Crippen LogP contribution is -2.37. The van der Waals surface area contributed by atoms with Crippen molar-refractivity contribution in [3.63, 3.8) is 0 Å². The minimum Gasteiger partial charge on any atom is -0.361 e. The zero-order valence-electron chi connectivity index (χ0n) is 7.72. The van der Waals surface area contributed by atoms with E-state index in [0.29, 0.717) is 0 Å². The predicted octanol–water partition coefficient (Wildman–Crippen LogP) is -0.0159. The normalized spacial score (nSPS) is 9.91.